The van der Waals surface area contributed by atoms with E-state index in [2.05, 4.69) is 21.3 Å². The minimum absolute atomic E-state index is 0.0856. The van der Waals surface area contributed by atoms with Crippen molar-refractivity contribution < 1.29 is 42.3 Å². The van der Waals surface area contributed by atoms with Gasteiger partial charge < -0.3 is 32.1 Å². The van der Waals surface area contributed by atoms with Crippen LogP contribution in [0.2, 0.25) is 0 Å². The number of primary amides is 1. The van der Waals surface area contributed by atoms with Crippen molar-refractivity contribution in [1.29, 1.82) is 0 Å². The van der Waals surface area contributed by atoms with Crippen molar-refractivity contribution in [3.63, 3.8) is 0 Å². The maximum Gasteiger partial charge on any atom is 0.416 e. The SMILES string of the molecule is CC(C)C(NC(=O)c1ccc(-c2ccccc2)cc1)C(=O)NC(CCc1ccccc1)C(=O)NC1(C(=O)NC(CCC(N)=O)C(O)C(F)(F)F)CC1. The molecule has 0 aliphatic heterocycles. The molecule has 0 aromatic heterocycles. The van der Waals surface area contributed by atoms with E-state index in [9.17, 15) is 42.3 Å². The first kappa shape index (κ1) is 39.5. The topological polar surface area (TPSA) is 180 Å². The number of aliphatic hydroxyl groups excluding tert-OH is 1. The van der Waals surface area contributed by atoms with Crippen LogP contribution in [0.25, 0.3) is 11.1 Å². The van der Waals surface area contributed by atoms with Crippen LogP contribution < -0.4 is 27.0 Å². The minimum Gasteiger partial charge on any atom is -0.382 e. The van der Waals surface area contributed by atoms with Crippen LogP contribution >= 0.6 is 0 Å². The molecule has 1 aliphatic rings. The summed E-state index contributed by atoms with van der Waals surface area (Å²) in [6.45, 7) is 3.46. The van der Waals surface area contributed by atoms with E-state index in [1.54, 1.807) is 38.1 Å². The van der Waals surface area contributed by atoms with Crippen LogP contribution in [0.1, 0.15) is 61.9 Å². The molecule has 52 heavy (non-hydrogen) atoms. The van der Waals surface area contributed by atoms with E-state index in [0.717, 1.165) is 16.7 Å². The molecule has 1 saturated carbocycles. The highest BCUT2D eigenvalue weighted by Crippen LogP contribution is 2.36. The average molecular weight is 724 g/mol. The molecule has 4 unspecified atom stereocenters. The van der Waals surface area contributed by atoms with E-state index in [1.807, 2.05) is 60.7 Å². The first-order valence-electron chi connectivity index (χ1n) is 17.1. The molecule has 4 rings (SSSR count). The summed E-state index contributed by atoms with van der Waals surface area (Å²) in [6.07, 6.45) is -8.59. The highest BCUT2D eigenvalue weighted by molar-refractivity contribution is 6.00. The number of nitrogens with two attached hydrogens (primary N) is 1. The Morgan fingerprint density at radius 3 is 1.90 bits per heavy atom. The van der Waals surface area contributed by atoms with Crippen LogP contribution in [0.4, 0.5) is 13.2 Å². The van der Waals surface area contributed by atoms with Crippen molar-refractivity contribution in [3.05, 3.63) is 96.1 Å². The number of aryl methyl sites for hydroxylation is 1. The van der Waals surface area contributed by atoms with Gasteiger partial charge in [0.1, 0.15) is 17.6 Å². The number of nitrogens with one attached hydrogen (secondary N) is 4. The zero-order valence-electron chi connectivity index (χ0n) is 28.9. The molecule has 0 bridgehead atoms. The van der Waals surface area contributed by atoms with Gasteiger partial charge in [-0.25, -0.2) is 0 Å². The fraction of sp³-hybridized carbons (Fsp3) is 0.395. The molecule has 11 nitrogen and oxygen atoms in total. The monoisotopic (exact) mass is 723 g/mol. The van der Waals surface area contributed by atoms with Crippen molar-refractivity contribution in [1.82, 2.24) is 21.3 Å². The van der Waals surface area contributed by atoms with Gasteiger partial charge >= 0.3 is 6.18 Å². The lowest BCUT2D eigenvalue weighted by molar-refractivity contribution is -0.213. The molecule has 7 N–H and O–H groups in total. The Bertz CT molecular complexity index is 1700. The standard InChI is InChI=1S/C38H44F3N5O6/c1-23(2)31(45-33(49)27-16-14-26(15-17-27)25-11-7-4-8-12-25)35(51)43-29(18-13-24-9-5-3-6-10-24)34(50)46-37(21-22-37)36(52)44-28(19-20-30(42)47)32(48)38(39,40)41/h3-12,14-17,23,28-29,31-32,48H,13,18-22H2,1-2H3,(H2,42,47)(H,43,51)(H,44,52)(H,45,49)(H,46,50). The lowest BCUT2D eigenvalue weighted by atomic mass is 9.99. The number of halogens is 3. The summed E-state index contributed by atoms with van der Waals surface area (Å²) in [5.41, 5.74) is 6.54. The maximum atomic E-state index is 13.8. The van der Waals surface area contributed by atoms with Gasteiger partial charge in [-0.05, 0) is 66.8 Å². The van der Waals surface area contributed by atoms with Gasteiger partial charge in [0.15, 0.2) is 6.10 Å². The van der Waals surface area contributed by atoms with Crippen molar-refractivity contribution in [2.75, 3.05) is 0 Å². The van der Waals surface area contributed by atoms with Crippen LogP contribution in [-0.2, 0) is 25.6 Å². The van der Waals surface area contributed by atoms with Gasteiger partial charge in [-0.15, -0.1) is 0 Å². The highest BCUT2D eigenvalue weighted by Gasteiger charge is 2.54. The third-order valence-corrected chi connectivity index (χ3v) is 8.97. The second-order valence-corrected chi connectivity index (χ2v) is 13.4. The van der Waals surface area contributed by atoms with Crippen LogP contribution in [-0.4, -0.2) is 70.6 Å². The summed E-state index contributed by atoms with van der Waals surface area (Å²) < 4.78 is 40.1. The van der Waals surface area contributed by atoms with Crippen LogP contribution in [0.3, 0.4) is 0 Å². The summed E-state index contributed by atoms with van der Waals surface area (Å²) in [7, 11) is 0. The Morgan fingerprint density at radius 1 is 0.788 bits per heavy atom. The number of amides is 5. The number of alkyl halides is 3. The third-order valence-electron chi connectivity index (χ3n) is 8.97. The van der Waals surface area contributed by atoms with Crippen molar-refractivity contribution in [2.24, 2.45) is 11.7 Å². The predicted octanol–water partition coefficient (Wildman–Crippen LogP) is 3.55. The highest BCUT2D eigenvalue weighted by atomic mass is 19.4. The van der Waals surface area contributed by atoms with Crippen molar-refractivity contribution in [3.8, 4) is 11.1 Å². The number of benzene rings is 3. The van der Waals surface area contributed by atoms with E-state index in [1.165, 1.54) is 0 Å². The number of hydrogen-bond donors (Lipinski definition) is 6. The van der Waals surface area contributed by atoms with Gasteiger partial charge in [0, 0.05) is 12.0 Å². The van der Waals surface area contributed by atoms with Gasteiger partial charge in [-0.3, -0.25) is 24.0 Å². The molecule has 0 radical (unpaired) electrons. The number of carbonyl (C=O) groups is 5. The Kier molecular flexibility index (Phi) is 13.2. The lowest BCUT2D eigenvalue weighted by Crippen LogP contribution is -2.60. The summed E-state index contributed by atoms with van der Waals surface area (Å²) in [6, 6.07) is 21.5. The molecule has 1 aliphatic carbocycles. The summed E-state index contributed by atoms with van der Waals surface area (Å²) >= 11 is 0. The average Bonchev–Trinajstić information content (AvgIpc) is 3.90. The third kappa shape index (κ3) is 10.9. The van der Waals surface area contributed by atoms with Crippen LogP contribution in [0.5, 0.6) is 0 Å². The van der Waals surface area contributed by atoms with Gasteiger partial charge in [-0.2, -0.15) is 13.2 Å². The Balaban J connectivity index is 1.48. The number of carbonyl (C=O) groups excluding carboxylic acids is 5. The fourth-order valence-corrected chi connectivity index (χ4v) is 5.69. The summed E-state index contributed by atoms with van der Waals surface area (Å²) in [5.74, 6) is -4.20. The molecule has 0 saturated heterocycles. The summed E-state index contributed by atoms with van der Waals surface area (Å²) in [4.78, 5) is 65.3. The molecular formula is C38H44F3N5O6. The van der Waals surface area contributed by atoms with Gasteiger partial charge in [0.25, 0.3) is 5.91 Å². The molecule has 0 spiro atoms. The largest absolute Gasteiger partial charge is 0.416 e. The summed E-state index contributed by atoms with van der Waals surface area (Å²) in [5, 5.41) is 20.1. The first-order valence-corrected chi connectivity index (χ1v) is 17.1. The Morgan fingerprint density at radius 2 is 1.37 bits per heavy atom. The number of aliphatic hydroxyl groups is 1. The minimum atomic E-state index is -5.10. The molecule has 14 heteroatoms. The van der Waals surface area contributed by atoms with E-state index in [4.69, 9.17) is 5.73 Å². The molecule has 4 atom stereocenters. The van der Waals surface area contributed by atoms with Crippen LogP contribution in [0, 0.1) is 5.92 Å². The van der Waals surface area contributed by atoms with E-state index in [0.29, 0.717) is 12.0 Å². The molecule has 3 aromatic rings. The number of hydrogen-bond acceptors (Lipinski definition) is 6. The molecule has 5 amide bonds. The predicted molar refractivity (Wildman–Crippen MR) is 187 cm³/mol. The molecule has 278 valence electrons. The molecule has 1 fully saturated rings. The zero-order chi connectivity index (χ0) is 38.1. The van der Waals surface area contributed by atoms with E-state index < -0.39 is 84.2 Å². The van der Waals surface area contributed by atoms with Crippen molar-refractivity contribution >= 4 is 29.5 Å². The second kappa shape index (κ2) is 17.3. The zero-order valence-corrected chi connectivity index (χ0v) is 28.9. The van der Waals surface area contributed by atoms with Crippen LogP contribution in [0.15, 0.2) is 84.9 Å². The lowest BCUT2D eigenvalue weighted by Gasteiger charge is -2.29. The molecular weight excluding hydrogens is 679 g/mol. The smallest absolute Gasteiger partial charge is 0.382 e. The first-order chi connectivity index (χ1) is 24.6. The number of rotatable bonds is 17. The van der Waals surface area contributed by atoms with Crippen molar-refractivity contribution in [2.45, 2.75) is 88.3 Å². The van der Waals surface area contributed by atoms with Gasteiger partial charge in [0.05, 0.1) is 6.04 Å². The second-order valence-electron chi connectivity index (χ2n) is 13.4. The Hall–Kier alpha value is -5.24. The van der Waals surface area contributed by atoms with Gasteiger partial charge in [-0.1, -0.05) is 86.6 Å². The Labute approximate surface area is 299 Å². The maximum absolute atomic E-state index is 13.8. The fourth-order valence-electron chi connectivity index (χ4n) is 5.69. The van der Waals surface area contributed by atoms with Gasteiger partial charge in [0.2, 0.25) is 23.6 Å². The molecule has 0 heterocycles. The van der Waals surface area contributed by atoms with E-state index in [-0.39, 0.29) is 19.3 Å². The van der Waals surface area contributed by atoms with E-state index >= 15 is 0 Å². The quantitative estimate of drug-likeness (QED) is 0.124. The normalized spacial score (nSPS) is 15.8. The molecule has 3 aromatic carbocycles.